The Morgan fingerprint density at radius 3 is 2.33 bits per heavy atom. The number of aliphatic carboxylic acids is 1. The fourth-order valence-corrected chi connectivity index (χ4v) is 3.79. The normalized spacial score (nSPS) is 11.3. The fraction of sp³-hybridized carbons (Fsp3) is 0.267. The van der Waals surface area contributed by atoms with Gasteiger partial charge in [0.25, 0.3) is 0 Å². The van der Waals surface area contributed by atoms with Crippen molar-refractivity contribution in [1.82, 2.24) is 4.98 Å². The summed E-state index contributed by atoms with van der Waals surface area (Å²) in [5.74, 6) is 0.844. The van der Waals surface area contributed by atoms with Crippen molar-refractivity contribution in [3.05, 3.63) is 90.3 Å². The molecule has 1 heterocycles. The summed E-state index contributed by atoms with van der Waals surface area (Å²) < 4.78 is 17.4. The maximum atomic E-state index is 11.4. The number of rotatable bonds is 11. The van der Waals surface area contributed by atoms with Gasteiger partial charge in [0.2, 0.25) is 5.89 Å². The van der Waals surface area contributed by atoms with Crippen molar-refractivity contribution in [2.45, 2.75) is 45.6 Å². The minimum Gasteiger partial charge on any atom is -0.493 e. The van der Waals surface area contributed by atoms with Crippen molar-refractivity contribution in [1.29, 1.82) is 0 Å². The molecular formula is C30H31NO5. The van der Waals surface area contributed by atoms with Gasteiger partial charge in [0.15, 0.2) is 5.60 Å². The van der Waals surface area contributed by atoms with Crippen LogP contribution in [0.3, 0.4) is 0 Å². The molecule has 186 valence electrons. The number of carbonyl (C=O) groups is 1. The van der Waals surface area contributed by atoms with E-state index in [4.69, 9.17) is 13.9 Å². The highest BCUT2D eigenvalue weighted by Crippen LogP contribution is 2.29. The number of hydrogen-bond acceptors (Lipinski definition) is 5. The van der Waals surface area contributed by atoms with Gasteiger partial charge in [-0.15, -0.1) is 0 Å². The summed E-state index contributed by atoms with van der Waals surface area (Å²) in [5, 5.41) is 9.37. The Hall–Kier alpha value is -4.06. The number of carboxylic acid groups (broad SMARTS) is 1. The number of aryl methyl sites for hydroxylation is 1. The number of aromatic nitrogens is 1. The number of benzene rings is 3. The van der Waals surface area contributed by atoms with Crippen LogP contribution in [-0.2, 0) is 17.6 Å². The van der Waals surface area contributed by atoms with Gasteiger partial charge in [0.1, 0.15) is 17.8 Å². The summed E-state index contributed by atoms with van der Waals surface area (Å²) in [5.41, 5.74) is 3.66. The van der Waals surface area contributed by atoms with Gasteiger partial charge in [0.05, 0.1) is 12.3 Å². The number of oxazole rings is 1. The van der Waals surface area contributed by atoms with Gasteiger partial charge in [-0.2, -0.15) is 0 Å². The average Bonchev–Trinajstić information content (AvgIpc) is 3.35. The second-order valence-corrected chi connectivity index (χ2v) is 9.12. The Bertz CT molecular complexity index is 1290. The summed E-state index contributed by atoms with van der Waals surface area (Å²) in [6.07, 6.45) is 3.93. The van der Waals surface area contributed by atoms with Gasteiger partial charge >= 0.3 is 5.97 Å². The third kappa shape index (κ3) is 6.13. The molecule has 0 bridgehead atoms. The van der Waals surface area contributed by atoms with Crippen LogP contribution in [0.5, 0.6) is 11.5 Å². The van der Waals surface area contributed by atoms with Crippen molar-refractivity contribution in [3.63, 3.8) is 0 Å². The molecule has 0 saturated carbocycles. The van der Waals surface area contributed by atoms with Crippen LogP contribution in [0.2, 0.25) is 0 Å². The van der Waals surface area contributed by atoms with Gasteiger partial charge in [-0.05, 0) is 67.3 Å². The molecule has 36 heavy (non-hydrogen) atoms. The largest absolute Gasteiger partial charge is 0.493 e. The van der Waals surface area contributed by atoms with Crippen LogP contribution in [0.25, 0.3) is 22.6 Å². The molecule has 0 amide bonds. The summed E-state index contributed by atoms with van der Waals surface area (Å²) in [7, 11) is 0. The van der Waals surface area contributed by atoms with Crippen LogP contribution in [0.1, 0.15) is 38.4 Å². The van der Waals surface area contributed by atoms with Crippen LogP contribution in [0, 0.1) is 0 Å². The summed E-state index contributed by atoms with van der Waals surface area (Å²) in [4.78, 5) is 16.1. The SMILES string of the molecule is CCCc1cc(OCCc2coc(-c3ccc(-c4ccccc4)cc3)n2)ccc1OC(C)(C)C(=O)O. The monoisotopic (exact) mass is 485 g/mol. The summed E-state index contributed by atoms with van der Waals surface area (Å²) in [6, 6.07) is 23.9. The van der Waals surface area contributed by atoms with E-state index >= 15 is 0 Å². The molecule has 0 radical (unpaired) electrons. The molecule has 0 aliphatic rings. The molecule has 0 saturated heterocycles. The molecule has 1 aromatic heterocycles. The second-order valence-electron chi connectivity index (χ2n) is 9.12. The van der Waals surface area contributed by atoms with Gasteiger partial charge in [-0.3, -0.25) is 0 Å². The Kier molecular flexibility index (Phi) is 7.74. The predicted octanol–water partition coefficient (Wildman–Crippen LogP) is 6.82. The quantitative estimate of drug-likeness (QED) is 0.251. The minimum atomic E-state index is -1.31. The Morgan fingerprint density at radius 2 is 1.64 bits per heavy atom. The minimum absolute atomic E-state index is 0.436. The van der Waals surface area contributed by atoms with Crippen LogP contribution in [-0.4, -0.2) is 28.3 Å². The summed E-state index contributed by atoms with van der Waals surface area (Å²) >= 11 is 0. The van der Waals surface area contributed by atoms with Crippen LogP contribution in [0.4, 0.5) is 0 Å². The lowest BCUT2D eigenvalue weighted by Gasteiger charge is -2.23. The third-order valence-electron chi connectivity index (χ3n) is 5.85. The molecule has 0 unspecified atom stereocenters. The lowest BCUT2D eigenvalue weighted by atomic mass is 10.0. The van der Waals surface area contributed by atoms with E-state index in [1.54, 1.807) is 32.2 Å². The molecule has 4 rings (SSSR count). The van der Waals surface area contributed by atoms with Gasteiger partial charge in [0, 0.05) is 12.0 Å². The van der Waals surface area contributed by atoms with E-state index in [0.29, 0.717) is 30.4 Å². The smallest absolute Gasteiger partial charge is 0.347 e. The van der Waals surface area contributed by atoms with Crippen molar-refractivity contribution in [2.24, 2.45) is 0 Å². The molecular weight excluding hydrogens is 454 g/mol. The molecule has 6 heteroatoms. The fourth-order valence-electron chi connectivity index (χ4n) is 3.79. The molecule has 0 aliphatic carbocycles. The Balaban J connectivity index is 1.36. The first-order valence-electron chi connectivity index (χ1n) is 12.1. The van der Waals surface area contributed by atoms with Crippen molar-refractivity contribution >= 4 is 5.97 Å². The van der Waals surface area contributed by atoms with Crippen molar-refractivity contribution < 1.29 is 23.8 Å². The Labute approximate surface area is 211 Å². The highest BCUT2D eigenvalue weighted by molar-refractivity contribution is 5.77. The zero-order chi connectivity index (χ0) is 25.5. The zero-order valence-electron chi connectivity index (χ0n) is 20.9. The first kappa shape index (κ1) is 25.0. The number of hydrogen-bond donors (Lipinski definition) is 1. The Morgan fingerprint density at radius 1 is 0.944 bits per heavy atom. The molecule has 0 fully saturated rings. The topological polar surface area (TPSA) is 81.8 Å². The maximum absolute atomic E-state index is 11.4. The van der Waals surface area contributed by atoms with E-state index in [2.05, 4.69) is 36.2 Å². The summed E-state index contributed by atoms with van der Waals surface area (Å²) in [6.45, 7) is 5.58. The maximum Gasteiger partial charge on any atom is 0.347 e. The molecule has 4 aromatic rings. The molecule has 6 nitrogen and oxygen atoms in total. The van der Waals surface area contributed by atoms with Gasteiger partial charge < -0.3 is 19.0 Å². The van der Waals surface area contributed by atoms with Crippen molar-refractivity contribution in [3.8, 4) is 34.1 Å². The number of nitrogens with zero attached hydrogens (tertiary/aromatic N) is 1. The van der Waals surface area contributed by atoms with Gasteiger partial charge in [-0.25, -0.2) is 9.78 Å². The number of ether oxygens (including phenoxy) is 2. The third-order valence-corrected chi connectivity index (χ3v) is 5.85. The molecule has 0 aliphatic heterocycles. The van der Waals surface area contributed by atoms with E-state index in [1.165, 1.54) is 5.56 Å². The molecule has 1 N–H and O–H groups in total. The lowest BCUT2D eigenvalue weighted by Crippen LogP contribution is -2.38. The number of carboxylic acids is 1. The average molecular weight is 486 g/mol. The van der Waals surface area contributed by atoms with Crippen LogP contribution < -0.4 is 9.47 Å². The van der Waals surface area contributed by atoms with Crippen LogP contribution in [0.15, 0.2) is 83.5 Å². The van der Waals surface area contributed by atoms with E-state index in [1.807, 2.05) is 36.4 Å². The van der Waals surface area contributed by atoms with E-state index in [9.17, 15) is 9.90 Å². The van der Waals surface area contributed by atoms with Crippen molar-refractivity contribution in [2.75, 3.05) is 6.61 Å². The van der Waals surface area contributed by atoms with Gasteiger partial charge in [-0.1, -0.05) is 55.8 Å². The van der Waals surface area contributed by atoms with E-state index in [0.717, 1.165) is 35.2 Å². The lowest BCUT2D eigenvalue weighted by molar-refractivity contribution is -0.152. The highest BCUT2D eigenvalue weighted by Gasteiger charge is 2.30. The van der Waals surface area contributed by atoms with Crippen LogP contribution >= 0.6 is 0 Å². The standard InChI is InChI=1S/C30H31NO5/c1-4-8-24-19-26(15-16-27(24)36-30(2,3)29(32)33)34-18-17-25-20-35-28(31-25)23-13-11-22(12-14-23)21-9-6-5-7-10-21/h5-7,9-16,19-20H,4,8,17-18H2,1-3H3,(H,32,33). The predicted molar refractivity (Wildman–Crippen MR) is 139 cm³/mol. The first-order chi connectivity index (χ1) is 17.4. The van der Waals surface area contributed by atoms with E-state index < -0.39 is 11.6 Å². The first-order valence-corrected chi connectivity index (χ1v) is 12.1. The second kappa shape index (κ2) is 11.1. The molecule has 0 atom stereocenters. The zero-order valence-corrected chi connectivity index (χ0v) is 20.9. The highest BCUT2D eigenvalue weighted by atomic mass is 16.5. The molecule has 0 spiro atoms. The van der Waals surface area contributed by atoms with E-state index in [-0.39, 0.29) is 0 Å². The molecule has 3 aromatic carbocycles.